The van der Waals surface area contributed by atoms with E-state index in [1.807, 2.05) is 35.3 Å². The first-order valence-electron chi connectivity index (χ1n) is 6.74. The molecular formula is C15H20N4O. The molecular weight excluding hydrogens is 252 g/mol. The molecule has 1 aromatic heterocycles. The van der Waals surface area contributed by atoms with Crippen molar-refractivity contribution < 1.29 is 4.79 Å². The van der Waals surface area contributed by atoms with Gasteiger partial charge in [0.1, 0.15) is 0 Å². The molecule has 106 valence electrons. The molecule has 0 fully saturated rings. The first-order valence-corrected chi connectivity index (χ1v) is 6.74. The zero-order valence-corrected chi connectivity index (χ0v) is 11.8. The van der Waals surface area contributed by atoms with E-state index in [0.29, 0.717) is 12.1 Å². The molecule has 2 aromatic rings. The fraction of sp³-hybridized carbons (Fsp3) is 0.333. The number of primary amides is 1. The van der Waals surface area contributed by atoms with E-state index in [2.05, 4.69) is 24.3 Å². The summed E-state index contributed by atoms with van der Waals surface area (Å²) in [6.07, 6.45) is 3.92. The van der Waals surface area contributed by atoms with Crippen molar-refractivity contribution in [1.82, 2.24) is 15.1 Å². The third-order valence-corrected chi connectivity index (χ3v) is 3.30. The summed E-state index contributed by atoms with van der Waals surface area (Å²) in [5.41, 5.74) is 8.00. The van der Waals surface area contributed by atoms with Gasteiger partial charge in [-0.25, -0.2) is 0 Å². The number of nitrogens with zero attached hydrogens (tertiary/aromatic N) is 2. The second-order valence-electron chi connectivity index (χ2n) is 4.80. The number of rotatable bonds is 6. The molecule has 0 bridgehead atoms. The molecule has 0 aliphatic heterocycles. The zero-order valence-electron chi connectivity index (χ0n) is 11.8. The molecule has 5 heteroatoms. The summed E-state index contributed by atoms with van der Waals surface area (Å²) in [6, 6.07) is 7.56. The van der Waals surface area contributed by atoms with E-state index in [-0.39, 0.29) is 6.04 Å². The van der Waals surface area contributed by atoms with Crippen molar-refractivity contribution in [3.05, 3.63) is 53.3 Å². The van der Waals surface area contributed by atoms with E-state index < -0.39 is 5.91 Å². The lowest BCUT2D eigenvalue weighted by molar-refractivity contribution is 0.1000. The first-order chi connectivity index (χ1) is 9.60. The van der Waals surface area contributed by atoms with Crippen LogP contribution in [0.1, 0.15) is 41.4 Å². The number of nitrogens with one attached hydrogen (secondary N) is 1. The monoisotopic (exact) mass is 272 g/mol. The van der Waals surface area contributed by atoms with Crippen LogP contribution in [0, 0.1) is 0 Å². The minimum atomic E-state index is -0.399. The number of aryl methyl sites for hydroxylation is 1. The number of hydrogen-bond donors (Lipinski definition) is 2. The van der Waals surface area contributed by atoms with E-state index in [1.54, 1.807) is 6.07 Å². The van der Waals surface area contributed by atoms with Crippen LogP contribution in [0.3, 0.4) is 0 Å². The summed E-state index contributed by atoms with van der Waals surface area (Å²) in [4.78, 5) is 11.1. The lowest BCUT2D eigenvalue weighted by atomic mass is 10.1. The molecule has 1 amide bonds. The molecule has 20 heavy (non-hydrogen) atoms. The van der Waals surface area contributed by atoms with Crippen molar-refractivity contribution >= 4 is 5.91 Å². The van der Waals surface area contributed by atoms with Crippen molar-refractivity contribution in [2.24, 2.45) is 5.73 Å². The van der Waals surface area contributed by atoms with E-state index in [1.165, 1.54) is 0 Å². The molecule has 1 atom stereocenters. The molecule has 5 nitrogen and oxygen atoms in total. The average Bonchev–Trinajstić information content (AvgIpc) is 2.94. The van der Waals surface area contributed by atoms with Gasteiger partial charge in [-0.1, -0.05) is 12.1 Å². The van der Waals surface area contributed by atoms with Crippen LogP contribution in [0.2, 0.25) is 0 Å². The molecule has 1 heterocycles. The van der Waals surface area contributed by atoms with E-state index >= 15 is 0 Å². The van der Waals surface area contributed by atoms with Gasteiger partial charge in [0.05, 0.1) is 6.20 Å². The van der Waals surface area contributed by atoms with Crippen molar-refractivity contribution in [3.63, 3.8) is 0 Å². The largest absolute Gasteiger partial charge is 0.366 e. The van der Waals surface area contributed by atoms with Crippen molar-refractivity contribution in [2.75, 3.05) is 0 Å². The van der Waals surface area contributed by atoms with Crippen LogP contribution in [0.25, 0.3) is 0 Å². The van der Waals surface area contributed by atoms with Crippen LogP contribution >= 0.6 is 0 Å². The molecule has 0 saturated carbocycles. The standard InChI is InChI=1S/C15H20N4O/c1-3-19-10-14(9-18-19)11(2)17-8-12-5-4-6-13(7-12)15(16)20/h4-7,9-11,17H,3,8H2,1-2H3,(H2,16,20). The van der Waals surface area contributed by atoms with Gasteiger partial charge in [0.2, 0.25) is 5.91 Å². The minimum absolute atomic E-state index is 0.201. The molecule has 3 N–H and O–H groups in total. The Morgan fingerprint density at radius 3 is 2.95 bits per heavy atom. The van der Waals surface area contributed by atoms with Crippen LogP contribution in [0.4, 0.5) is 0 Å². The van der Waals surface area contributed by atoms with Gasteiger partial charge in [-0.05, 0) is 31.5 Å². The van der Waals surface area contributed by atoms with Crippen LogP contribution in [0.15, 0.2) is 36.7 Å². The highest BCUT2D eigenvalue weighted by Crippen LogP contribution is 2.12. The molecule has 0 aliphatic rings. The number of amides is 1. The number of aromatic nitrogens is 2. The smallest absolute Gasteiger partial charge is 0.248 e. The van der Waals surface area contributed by atoms with Gasteiger partial charge in [-0.2, -0.15) is 5.10 Å². The summed E-state index contributed by atoms with van der Waals surface area (Å²) in [5, 5.41) is 7.68. The third-order valence-electron chi connectivity index (χ3n) is 3.30. The number of nitrogens with two attached hydrogens (primary N) is 1. The lowest BCUT2D eigenvalue weighted by Gasteiger charge is -2.12. The number of carbonyl (C=O) groups is 1. The Bertz CT molecular complexity index is 591. The fourth-order valence-corrected chi connectivity index (χ4v) is 2.00. The Morgan fingerprint density at radius 2 is 2.30 bits per heavy atom. The molecule has 0 aliphatic carbocycles. The normalized spacial score (nSPS) is 12.3. The molecule has 0 radical (unpaired) electrons. The van der Waals surface area contributed by atoms with Gasteiger partial charge >= 0.3 is 0 Å². The number of carbonyl (C=O) groups excluding carboxylic acids is 1. The Kier molecular flexibility index (Phi) is 4.53. The number of hydrogen-bond acceptors (Lipinski definition) is 3. The highest BCUT2D eigenvalue weighted by molar-refractivity contribution is 5.92. The predicted octanol–water partition coefficient (Wildman–Crippen LogP) is 1.85. The van der Waals surface area contributed by atoms with Gasteiger partial charge in [0.15, 0.2) is 0 Å². The molecule has 0 spiro atoms. The van der Waals surface area contributed by atoms with Crippen molar-refractivity contribution in [3.8, 4) is 0 Å². The molecule has 1 aromatic carbocycles. The van der Waals surface area contributed by atoms with Gasteiger partial charge in [0.25, 0.3) is 0 Å². The molecule has 0 saturated heterocycles. The number of benzene rings is 1. The third kappa shape index (κ3) is 3.45. The summed E-state index contributed by atoms with van der Waals surface area (Å²) in [6.45, 7) is 5.70. The maximum absolute atomic E-state index is 11.1. The van der Waals surface area contributed by atoms with Crippen LogP contribution < -0.4 is 11.1 Å². The van der Waals surface area contributed by atoms with Crippen molar-refractivity contribution in [2.45, 2.75) is 33.0 Å². The zero-order chi connectivity index (χ0) is 14.5. The second kappa shape index (κ2) is 6.34. The molecule has 2 rings (SSSR count). The van der Waals surface area contributed by atoms with Gasteiger partial charge in [-0.3, -0.25) is 9.48 Å². The summed E-state index contributed by atoms with van der Waals surface area (Å²) >= 11 is 0. The highest BCUT2D eigenvalue weighted by atomic mass is 16.1. The average molecular weight is 272 g/mol. The Hall–Kier alpha value is -2.14. The topological polar surface area (TPSA) is 72.9 Å². The predicted molar refractivity (Wildman–Crippen MR) is 78.1 cm³/mol. The fourth-order valence-electron chi connectivity index (χ4n) is 2.00. The Morgan fingerprint density at radius 1 is 1.50 bits per heavy atom. The highest BCUT2D eigenvalue weighted by Gasteiger charge is 2.08. The lowest BCUT2D eigenvalue weighted by Crippen LogP contribution is -2.18. The van der Waals surface area contributed by atoms with E-state index in [4.69, 9.17) is 5.73 Å². The SMILES string of the molecule is CCn1cc(C(C)NCc2cccc(C(N)=O)c2)cn1. The van der Waals surface area contributed by atoms with Gasteiger partial charge in [-0.15, -0.1) is 0 Å². The summed E-state index contributed by atoms with van der Waals surface area (Å²) in [5.74, 6) is -0.399. The van der Waals surface area contributed by atoms with Gasteiger partial charge in [0, 0.05) is 36.5 Å². The Balaban J connectivity index is 1.97. The second-order valence-corrected chi connectivity index (χ2v) is 4.80. The Labute approximate surface area is 118 Å². The van der Waals surface area contributed by atoms with E-state index in [0.717, 1.165) is 17.7 Å². The summed E-state index contributed by atoms with van der Waals surface area (Å²) in [7, 11) is 0. The summed E-state index contributed by atoms with van der Waals surface area (Å²) < 4.78 is 1.90. The quantitative estimate of drug-likeness (QED) is 0.843. The van der Waals surface area contributed by atoms with Crippen LogP contribution in [-0.2, 0) is 13.1 Å². The van der Waals surface area contributed by atoms with Crippen LogP contribution in [-0.4, -0.2) is 15.7 Å². The van der Waals surface area contributed by atoms with Crippen LogP contribution in [0.5, 0.6) is 0 Å². The first kappa shape index (κ1) is 14.3. The minimum Gasteiger partial charge on any atom is -0.366 e. The maximum Gasteiger partial charge on any atom is 0.248 e. The van der Waals surface area contributed by atoms with Gasteiger partial charge < -0.3 is 11.1 Å². The maximum atomic E-state index is 11.1. The van der Waals surface area contributed by atoms with Crippen molar-refractivity contribution in [1.29, 1.82) is 0 Å². The van der Waals surface area contributed by atoms with E-state index in [9.17, 15) is 4.79 Å². The molecule has 1 unspecified atom stereocenters.